The van der Waals surface area contributed by atoms with Gasteiger partial charge in [0.1, 0.15) is 6.26 Å². The van der Waals surface area contributed by atoms with Crippen molar-refractivity contribution in [3.63, 3.8) is 0 Å². The molecule has 4 rings (SSSR count). The van der Waals surface area contributed by atoms with Gasteiger partial charge in [-0.15, -0.1) is 11.8 Å². The summed E-state index contributed by atoms with van der Waals surface area (Å²) in [6.45, 7) is 0.687. The Kier molecular flexibility index (Phi) is 6.40. The molecule has 1 aliphatic heterocycles. The maximum atomic E-state index is 12.4. The molecule has 0 aliphatic carbocycles. The average Bonchev–Trinajstić information content (AvgIpc) is 3.39. The van der Waals surface area contributed by atoms with E-state index in [-0.39, 0.29) is 17.6 Å². The van der Waals surface area contributed by atoms with Crippen LogP contribution in [0.3, 0.4) is 0 Å². The van der Waals surface area contributed by atoms with Gasteiger partial charge < -0.3 is 14.6 Å². The number of carbonyl (C=O) groups excluding carboxylic acids is 2. The van der Waals surface area contributed by atoms with Crippen LogP contribution in [0, 0.1) is 0 Å². The highest BCUT2D eigenvalue weighted by Crippen LogP contribution is 2.30. The molecular formula is C22H20ClN3O3S. The van der Waals surface area contributed by atoms with Gasteiger partial charge in [-0.2, -0.15) is 0 Å². The Bertz CT molecular complexity index is 1050. The standard InChI is InChI=1S/C22H20ClN3O3S/c23-18-9-8-17(26-10-4-7-21(26)28)11-19(18)25-20(27)14-30-13-16-12-29-22(24-16)15-5-2-1-3-6-15/h1-3,5-6,8-9,11-12H,4,7,10,13-14H2,(H,25,27). The van der Waals surface area contributed by atoms with E-state index in [1.54, 1.807) is 29.4 Å². The number of carbonyl (C=O) groups is 2. The fourth-order valence-electron chi connectivity index (χ4n) is 3.22. The van der Waals surface area contributed by atoms with Gasteiger partial charge in [0.2, 0.25) is 17.7 Å². The van der Waals surface area contributed by atoms with Gasteiger partial charge in [-0.3, -0.25) is 9.59 Å². The number of oxazole rings is 1. The molecule has 0 unspecified atom stereocenters. The SMILES string of the molecule is O=C(CSCc1coc(-c2ccccc2)n1)Nc1cc(N2CCCC2=O)ccc1Cl. The lowest BCUT2D eigenvalue weighted by Crippen LogP contribution is -2.24. The molecule has 8 heteroatoms. The van der Waals surface area contributed by atoms with E-state index < -0.39 is 0 Å². The van der Waals surface area contributed by atoms with Gasteiger partial charge in [0, 0.05) is 30.0 Å². The number of nitrogens with one attached hydrogen (secondary N) is 1. The van der Waals surface area contributed by atoms with Gasteiger partial charge >= 0.3 is 0 Å². The van der Waals surface area contributed by atoms with E-state index in [2.05, 4.69) is 10.3 Å². The second kappa shape index (κ2) is 9.36. The molecule has 30 heavy (non-hydrogen) atoms. The maximum absolute atomic E-state index is 12.4. The zero-order valence-electron chi connectivity index (χ0n) is 16.1. The van der Waals surface area contributed by atoms with Crippen molar-refractivity contribution < 1.29 is 14.0 Å². The van der Waals surface area contributed by atoms with Crippen LogP contribution in [-0.2, 0) is 15.3 Å². The molecule has 0 spiro atoms. The third-order valence-electron chi connectivity index (χ3n) is 4.66. The number of aromatic nitrogens is 1. The second-order valence-corrected chi connectivity index (χ2v) is 8.26. The minimum atomic E-state index is -0.168. The number of halogens is 1. The molecule has 6 nitrogen and oxygen atoms in total. The van der Waals surface area contributed by atoms with E-state index in [0.29, 0.717) is 35.3 Å². The summed E-state index contributed by atoms with van der Waals surface area (Å²) in [5.74, 6) is 1.29. The van der Waals surface area contributed by atoms with Crippen LogP contribution in [-0.4, -0.2) is 29.1 Å². The quantitative estimate of drug-likeness (QED) is 0.558. The normalized spacial score (nSPS) is 13.6. The van der Waals surface area contributed by atoms with E-state index >= 15 is 0 Å². The first kappa shape index (κ1) is 20.5. The molecule has 3 aromatic rings. The molecule has 0 saturated carbocycles. The third kappa shape index (κ3) is 4.86. The summed E-state index contributed by atoms with van der Waals surface area (Å²) in [5.41, 5.74) is 2.95. The summed E-state index contributed by atoms with van der Waals surface area (Å²) in [7, 11) is 0. The summed E-state index contributed by atoms with van der Waals surface area (Å²) >= 11 is 7.66. The number of nitrogens with zero attached hydrogens (tertiary/aromatic N) is 2. The molecule has 0 atom stereocenters. The summed E-state index contributed by atoms with van der Waals surface area (Å²) in [5, 5.41) is 3.27. The lowest BCUT2D eigenvalue weighted by Gasteiger charge is -2.17. The molecule has 0 radical (unpaired) electrons. The van der Waals surface area contributed by atoms with Crippen LogP contribution in [0.15, 0.2) is 59.2 Å². The van der Waals surface area contributed by atoms with Crippen LogP contribution < -0.4 is 10.2 Å². The van der Waals surface area contributed by atoms with Crippen LogP contribution in [0.5, 0.6) is 0 Å². The molecule has 1 fully saturated rings. The van der Waals surface area contributed by atoms with Crippen molar-refractivity contribution in [3.05, 3.63) is 65.5 Å². The molecule has 1 aromatic heterocycles. The molecule has 154 valence electrons. The molecule has 2 amide bonds. The first-order valence-electron chi connectivity index (χ1n) is 9.57. The van der Waals surface area contributed by atoms with E-state index in [9.17, 15) is 9.59 Å². The molecule has 1 saturated heterocycles. The number of hydrogen-bond donors (Lipinski definition) is 1. The first-order valence-corrected chi connectivity index (χ1v) is 11.1. The molecule has 1 aliphatic rings. The smallest absolute Gasteiger partial charge is 0.234 e. The maximum Gasteiger partial charge on any atom is 0.234 e. The van der Waals surface area contributed by atoms with Crippen LogP contribution >= 0.6 is 23.4 Å². The van der Waals surface area contributed by atoms with E-state index in [1.807, 2.05) is 30.3 Å². The Labute approximate surface area is 183 Å². The van der Waals surface area contributed by atoms with Crippen molar-refractivity contribution in [1.29, 1.82) is 0 Å². The lowest BCUT2D eigenvalue weighted by atomic mass is 10.2. The van der Waals surface area contributed by atoms with Crippen molar-refractivity contribution in [1.82, 2.24) is 4.98 Å². The topological polar surface area (TPSA) is 75.4 Å². The average molecular weight is 442 g/mol. The number of thioether (sulfide) groups is 1. The van der Waals surface area contributed by atoms with Crippen molar-refractivity contribution >= 4 is 46.6 Å². The predicted molar refractivity (Wildman–Crippen MR) is 120 cm³/mol. The summed E-state index contributed by atoms with van der Waals surface area (Å²) < 4.78 is 5.52. The van der Waals surface area contributed by atoms with Gasteiger partial charge in [0.15, 0.2) is 0 Å². The zero-order valence-corrected chi connectivity index (χ0v) is 17.7. The van der Waals surface area contributed by atoms with Crippen molar-refractivity contribution in [2.45, 2.75) is 18.6 Å². The van der Waals surface area contributed by atoms with Crippen molar-refractivity contribution in [2.24, 2.45) is 0 Å². The van der Waals surface area contributed by atoms with Gasteiger partial charge in [-0.25, -0.2) is 4.98 Å². The van der Waals surface area contributed by atoms with E-state index in [0.717, 1.165) is 23.4 Å². The first-order chi connectivity index (χ1) is 14.6. The highest BCUT2D eigenvalue weighted by atomic mass is 35.5. The van der Waals surface area contributed by atoms with Gasteiger partial charge in [-0.1, -0.05) is 29.8 Å². The fraction of sp³-hybridized carbons (Fsp3) is 0.227. The van der Waals surface area contributed by atoms with Gasteiger partial charge in [-0.05, 0) is 36.8 Å². The highest BCUT2D eigenvalue weighted by molar-refractivity contribution is 7.99. The summed E-state index contributed by atoms with van der Waals surface area (Å²) in [6.07, 6.45) is 3.00. The summed E-state index contributed by atoms with van der Waals surface area (Å²) in [4.78, 5) is 30.5. The minimum absolute atomic E-state index is 0.0904. The largest absolute Gasteiger partial charge is 0.444 e. The number of rotatable bonds is 7. The van der Waals surface area contributed by atoms with Gasteiger partial charge in [0.25, 0.3) is 0 Å². The van der Waals surface area contributed by atoms with Crippen LogP contribution in [0.4, 0.5) is 11.4 Å². The van der Waals surface area contributed by atoms with Crippen LogP contribution in [0.2, 0.25) is 5.02 Å². The monoisotopic (exact) mass is 441 g/mol. The predicted octanol–water partition coefficient (Wildman–Crippen LogP) is 4.99. The summed E-state index contributed by atoms with van der Waals surface area (Å²) in [6, 6.07) is 14.9. The Morgan fingerprint density at radius 1 is 1.23 bits per heavy atom. The number of amides is 2. The Morgan fingerprint density at radius 2 is 2.07 bits per heavy atom. The molecule has 0 bridgehead atoms. The Morgan fingerprint density at radius 3 is 2.83 bits per heavy atom. The van der Waals surface area contributed by atoms with E-state index in [1.165, 1.54) is 11.8 Å². The van der Waals surface area contributed by atoms with E-state index in [4.69, 9.17) is 16.0 Å². The zero-order chi connectivity index (χ0) is 20.9. The van der Waals surface area contributed by atoms with Gasteiger partial charge in [0.05, 0.1) is 22.2 Å². The third-order valence-corrected chi connectivity index (χ3v) is 5.96. The highest BCUT2D eigenvalue weighted by Gasteiger charge is 2.22. The van der Waals surface area contributed by atoms with Crippen molar-refractivity contribution in [3.8, 4) is 11.5 Å². The van der Waals surface area contributed by atoms with Crippen molar-refractivity contribution in [2.75, 3.05) is 22.5 Å². The molecule has 2 heterocycles. The second-order valence-electron chi connectivity index (χ2n) is 6.86. The minimum Gasteiger partial charge on any atom is -0.444 e. The van der Waals surface area contributed by atoms with Crippen LogP contribution in [0.25, 0.3) is 11.5 Å². The molecular weight excluding hydrogens is 422 g/mol. The van der Waals surface area contributed by atoms with Crippen LogP contribution in [0.1, 0.15) is 18.5 Å². The Hall–Kier alpha value is -2.77. The number of hydrogen-bond acceptors (Lipinski definition) is 5. The Balaban J connectivity index is 1.31. The lowest BCUT2D eigenvalue weighted by molar-refractivity contribution is -0.117. The number of benzene rings is 2. The fourth-order valence-corrected chi connectivity index (χ4v) is 4.09. The molecule has 1 N–H and O–H groups in total. The molecule has 2 aromatic carbocycles. The number of anilines is 2.